The van der Waals surface area contributed by atoms with Crippen LogP contribution < -0.4 is 10.2 Å². The van der Waals surface area contributed by atoms with Gasteiger partial charge in [0.1, 0.15) is 0 Å². The Labute approximate surface area is 152 Å². The second-order valence-electron chi connectivity index (χ2n) is 6.10. The van der Waals surface area contributed by atoms with Crippen LogP contribution in [-0.4, -0.2) is 36.3 Å². The Balaban J connectivity index is 1.65. The molecule has 0 spiro atoms. The summed E-state index contributed by atoms with van der Waals surface area (Å²) < 4.78 is 0. The van der Waals surface area contributed by atoms with Crippen LogP contribution in [0.4, 0.5) is 11.4 Å². The van der Waals surface area contributed by atoms with Crippen molar-refractivity contribution in [1.29, 1.82) is 0 Å². The monoisotopic (exact) mass is 357 g/mol. The van der Waals surface area contributed by atoms with E-state index in [-0.39, 0.29) is 11.8 Å². The van der Waals surface area contributed by atoms with Crippen LogP contribution >= 0.6 is 11.3 Å². The van der Waals surface area contributed by atoms with E-state index < -0.39 is 0 Å². The number of carbonyl (C=O) groups excluding carboxylic acids is 2. The van der Waals surface area contributed by atoms with E-state index in [4.69, 9.17) is 0 Å². The summed E-state index contributed by atoms with van der Waals surface area (Å²) >= 11 is 1.70. The molecule has 0 saturated carbocycles. The average Bonchev–Trinajstić information content (AvgIpc) is 3.26. The molecule has 2 amide bonds. The second kappa shape index (κ2) is 8.27. The van der Waals surface area contributed by atoms with Gasteiger partial charge in [0.05, 0.1) is 17.9 Å². The fraction of sp³-hybridized carbons (Fsp3) is 0.368. The summed E-state index contributed by atoms with van der Waals surface area (Å²) in [6.45, 7) is 4.67. The van der Waals surface area contributed by atoms with Gasteiger partial charge in [0.15, 0.2) is 0 Å². The minimum atomic E-state index is -0.0579. The van der Waals surface area contributed by atoms with Crippen molar-refractivity contribution in [3.05, 3.63) is 46.7 Å². The first-order valence-electron chi connectivity index (χ1n) is 8.61. The summed E-state index contributed by atoms with van der Waals surface area (Å²) in [6, 6.07) is 11.6. The van der Waals surface area contributed by atoms with Gasteiger partial charge >= 0.3 is 0 Å². The smallest absolute Gasteiger partial charge is 0.238 e. The molecule has 1 saturated heterocycles. The predicted molar refractivity (Wildman–Crippen MR) is 102 cm³/mol. The molecule has 1 aliphatic rings. The first kappa shape index (κ1) is 17.6. The van der Waals surface area contributed by atoms with Gasteiger partial charge in [0.2, 0.25) is 11.8 Å². The molecule has 0 unspecified atom stereocenters. The maximum Gasteiger partial charge on any atom is 0.238 e. The standard InChI is InChI=1S/C19H23N3O2S/c1-2-21(13-15-7-6-12-25-15)14-18(23)20-16-8-3-4-9-17(16)22-11-5-10-19(22)24/h3-4,6-9,12H,2,5,10-11,13-14H2,1H3,(H,20,23). The molecule has 2 aromatic rings. The van der Waals surface area contributed by atoms with E-state index >= 15 is 0 Å². The van der Waals surface area contributed by atoms with E-state index in [1.807, 2.05) is 35.7 Å². The SMILES string of the molecule is CCN(CC(=O)Nc1ccccc1N1CCCC1=O)Cc1cccs1. The van der Waals surface area contributed by atoms with Gasteiger partial charge in [-0.2, -0.15) is 0 Å². The van der Waals surface area contributed by atoms with E-state index in [9.17, 15) is 9.59 Å². The Kier molecular flexibility index (Phi) is 5.83. The van der Waals surface area contributed by atoms with Gasteiger partial charge in [0, 0.05) is 24.4 Å². The number of nitrogens with zero attached hydrogens (tertiary/aromatic N) is 2. The molecule has 0 radical (unpaired) electrons. The maximum absolute atomic E-state index is 12.5. The third-order valence-electron chi connectivity index (χ3n) is 4.32. The lowest BCUT2D eigenvalue weighted by molar-refractivity contribution is -0.118. The van der Waals surface area contributed by atoms with Crippen molar-refractivity contribution in [3.63, 3.8) is 0 Å². The number of para-hydroxylation sites is 2. The highest BCUT2D eigenvalue weighted by Crippen LogP contribution is 2.29. The Bertz CT molecular complexity index is 730. The molecule has 1 aromatic heterocycles. The minimum Gasteiger partial charge on any atom is -0.323 e. The van der Waals surface area contributed by atoms with Crippen LogP contribution in [0, 0.1) is 0 Å². The van der Waals surface area contributed by atoms with Gasteiger partial charge in [-0.25, -0.2) is 0 Å². The van der Waals surface area contributed by atoms with Crippen molar-refractivity contribution in [1.82, 2.24) is 4.90 Å². The number of amides is 2. The summed E-state index contributed by atoms with van der Waals surface area (Å²) in [5.74, 6) is 0.0621. The third kappa shape index (κ3) is 4.46. The van der Waals surface area contributed by atoms with Gasteiger partial charge in [-0.15, -0.1) is 11.3 Å². The molecule has 0 atom stereocenters. The molecule has 2 heterocycles. The molecule has 25 heavy (non-hydrogen) atoms. The van der Waals surface area contributed by atoms with E-state index in [2.05, 4.69) is 23.2 Å². The van der Waals surface area contributed by atoms with Crippen molar-refractivity contribution < 1.29 is 9.59 Å². The molecule has 5 nitrogen and oxygen atoms in total. The summed E-state index contributed by atoms with van der Waals surface area (Å²) in [5, 5.41) is 5.03. The Morgan fingerprint density at radius 3 is 2.80 bits per heavy atom. The number of benzene rings is 1. The molecular formula is C19H23N3O2S. The Morgan fingerprint density at radius 2 is 2.12 bits per heavy atom. The molecule has 0 aliphatic carbocycles. The summed E-state index contributed by atoms with van der Waals surface area (Å²) in [6.07, 6.45) is 1.44. The van der Waals surface area contributed by atoms with Crippen molar-refractivity contribution >= 4 is 34.5 Å². The summed E-state index contributed by atoms with van der Waals surface area (Å²) in [7, 11) is 0. The van der Waals surface area contributed by atoms with Gasteiger partial charge in [-0.1, -0.05) is 25.1 Å². The fourth-order valence-electron chi connectivity index (χ4n) is 3.01. The predicted octanol–water partition coefficient (Wildman–Crippen LogP) is 3.34. The molecule has 1 aromatic carbocycles. The van der Waals surface area contributed by atoms with E-state index in [1.54, 1.807) is 16.2 Å². The van der Waals surface area contributed by atoms with Gasteiger partial charge in [-0.3, -0.25) is 14.5 Å². The van der Waals surface area contributed by atoms with Crippen LogP contribution in [0.1, 0.15) is 24.6 Å². The first-order valence-corrected chi connectivity index (χ1v) is 9.49. The topological polar surface area (TPSA) is 52.7 Å². The van der Waals surface area contributed by atoms with Gasteiger partial charge in [-0.05, 0) is 36.5 Å². The lowest BCUT2D eigenvalue weighted by Gasteiger charge is -2.22. The van der Waals surface area contributed by atoms with Gasteiger partial charge in [0.25, 0.3) is 0 Å². The number of hydrogen-bond donors (Lipinski definition) is 1. The zero-order valence-corrected chi connectivity index (χ0v) is 15.2. The zero-order chi connectivity index (χ0) is 17.6. The minimum absolute atomic E-state index is 0.0579. The highest BCUT2D eigenvalue weighted by atomic mass is 32.1. The van der Waals surface area contributed by atoms with Crippen molar-refractivity contribution in [3.8, 4) is 0 Å². The number of rotatable bonds is 7. The number of hydrogen-bond acceptors (Lipinski definition) is 4. The van der Waals surface area contributed by atoms with E-state index in [0.717, 1.165) is 25.2 Å². The number of nitrogens with one attached hydrogen (secondary N) is 1. The molecule has 0 bridgehead atoms. The molecular weight excluding hydrogens is 334 g/mol. The van der Waals surface area contributed by atoms with Crippen LogP contribution in [0.2, 0.25) is 0 Å². The number of anilines is 2. The lowest BCUT2D eigenvalue weighted by atomic mass is 10.2. The molecule has 1 N–H and O–H groups in total. The quantitative estimate of drug-likeness (QED) is 0.827. The Morgan fingerprint density at radius 1 is 1.28 bits per heavy atom. The van der Waals surface area contributed by atoms with Crippen LogP contribution in [0.5, 0.6) is 0 Å². The largest absolute Gasteiger partial charge is 0.323 e. The lowest BCUT2D eigenvalue weighted by Crippen LogP contribution is -2.33. The molecule has 1 aliphatic heterocycles. The van der Waals surface area contributed by atoms with Crippen LogP contribution in [0.25, 0.3) is 0 Å². The highest BCUT2D eigenvalue weighted by Gasteiger charge is 2.24. The van der Waals surface area contributed by atoms with Crippen LogP contribution in [0.15, 0.2) is 41.8 Å². The average molecular weight is 357 g/mol. The first-order chi connectivity index (χ1) is 12.2. The fourth-order valence-corrected chi connectivity index (χ4v) is 3.76. The van der Waals surface area contributed by atoms with Crippen molar-refractivity contribution in [2.45, 2.75) is 26.3 Å². The normalized spacial score (nSPS) is 14.3. The van der Waals surface area contributed by atoms with Gasteiger partial charge < -0.3 is 10.2 Å². The zero-order valence-electron chi connectivity index (χ0n) is 14.4. The molecule has 6 heteroatoms. The van der Waals surface area contributed by atoms with Crippen molar-refractivity contribution in [2.24, 2.45) is 0 Å². The highest BCUT2D eigenvalue weighted by molar-refractivity contribution is 7.09. The number of carbonyl (C=O) groups is 2. The van der Waals surface area contributed by atoms with E-state index in [0.29, 0.717) is 25.2 Å². The maximum atomic E-state index is 12.5. The second-order valence-corrected chi connectivity index (χ2v) is 7.13. The summed E-state index contributed by atoms with van der Waals surface area (Å²) in [5.41, 5.74) is 1.49. The number of thiophene rings is 1. The van der Waals surface area contributed by atoms with E-state index in [1.165, 1.54) is 4.88 Å². The Hall–Kier alpha value is -2.18. The van der Waals surface area contributed by atoms with Crippen LogP contribution in [0.3, 0.4) is 0 Å². The van der Waals surface area contributed by atoms with Crippen LogP contribution in [-0.2, 0) is 16.1 Å². The molecule has 132 valence electrons. The third-order valence-corrected chi connectivity index (χ3v) is 5.18. The number of likely N-dealkylation sites (N-methyl/N-ethyl adjacent to an activating group) is 1. The molecule has 1 fully saturated rings. The molecule has 3 rings (SSSR count). The van der Waals surface area contributed by atoms with Crippen molar-refractivity contribution in [2.75, 3.05) is 29.9 Å². The summed E-state index contributed by atoms with van der Waals surface area (Å²) in [4.78, 5) is 29.6.